The normalized spacial score (nSPS) is 28.8. The van der Waals surface area contributed by atoms with Gasteiger partial charge in [-0.15, -0.1) is 0 Å². The van der Waals surface area contributed by atoms with Crippen molar-refractivity contribution in [2.24, 2.45) is 5.41 Å². The first-order valence-corrected chi connectivity index (χ1v) is 6.08. The van der Waals surface area contributed by atoms with E-state index in [1.165, 1.54) is 0 Å². The van der Waals surface area contributed by atoms with Gasteiger partial charge in [0.2, 0.25) is 0 Å². The van der Waals surface area contributed by atoms with Gasteiger partial charge in [-0.05, 0) is 19.8 Å². The molecule has 0 aromatic rings. The van der Waals surface area contributed by atoms with Crippen molar-refractivity contribution in [3.8, 4) is 0 Å². The third kappa shape index (κ3) is 2.52. The summed E-state index contributed by atoms with van der Waals surface area (Å²) in [4.78, 5) is 0. The minimum Gasteiger partial charge on any atom is -0.392 e. The lowest BCUT2D eigenvalue weighted by molar-refractivity contribution is -0.199. The van der Waals surface area contributed by atoms with Gasteiger partial charge >= 0.3 is 0 Å². The maximum Gasteiger partial charge on any atom is 0.0704 e. The third-order valence-corrected chi connectivity index (χ3v) is 3.81. The lowest BCUT2D eigenvalue weighted by Crippen LogP contribution is -2.57. The fourth-order valence-electron chi connectivity index (χ4n) is 2.53. The highest BCUT2D eigenvalue weighted by Gasteiger charge is 2.52. The predicted octanol–water partition coefficient (Wildman–Crippen LogP) is 1.98. The molecule has 0 aromatic carbocycles. The zero-order valence-electron chi connectivity index (χ0n) is 10.2. The Morgan fingerprint density at radius 3 is 2.33 bits per heavy atom. The molecule has 3 heteroatoms. The molecular weight excluding hydrogens is 192 g/mol. The van der Waals surface area contributed by atoms with Crippen molar-refractivity contribution in [3.63, 3.8) is 0 Å². The molecular formula is C12H24O3. The Labute approximate surface area is 92.8 Å². The summed E-state index contributed by atoms with van der Waals surface area (Å²) in [5.41, 5.74) is 0.00617. The molecule has 0 spiro atoms. The van der Waals surface area contributed by atoms with Crippen molar-refractivity contribution in [1.82, 2.24) is 0 Å². The van der Waals surface area contributed by atoms with Crippen molar-refractivity contribution in [3.05, 3.63) is 0 Å². The molecule has 15 heavy (non-hydrogen) atoms. The average molecular weight is 216 g/mol. The smallest absolute Gasteiger partial charge is 0.0704 e. The Kier molecular flexibility index (Phi) is 5.03. The van der Waals surface area contributed by atoms with Crippen LogP contribution in [0, 0.1) is 5.41 Å². The van der Waals surface area contributed by atoms with Crippen LogP contribution in [0.25, 0.3) is 0 Å². The SMILES string of the molecule is CCOCCOC1CC(O)C1(CC)CC. The summed E-state index contributed by atoms with van der Waals surface area (Å²) in [6, 6.07) is 0. The molecule has 0 saturated heterocycles. The van der Waals surface area contributed by atoms with Crippen molar-refractivity contribution >= 4 is 0 Å². The number of rotatable bonds is 7. The summed E-state index contributed by atoms with van der Waals surface area (Å²) < 4.78 is 11.0. The molecule has 1 fully saturated rings. The van der Waals surface area contributed by atoms with E-state index < -0.39 is 0 Å². The van der Waals surface area contributed by atoms with Crippen LogP contribution in [0.3, 0.4) is 0 Å². The van der Waals surface area contributed by atoms with Crippen molar-refractivity contribution < 1.29 is 14.6 Å². The summed E-state index contributed by atoms with van der Waals surface area (Å²) in [5.74, 6) is 0. The fourth-order valence-corrected chi connectivity index (χ4v) is 2.53. The zero-order valence-corrected chi connectivity index (χ0v) is 10.2. The number of aliphatic hydroxyl groups excluding tert-OH is 1. The third-order valence-electron chi connectivity index (χ3n) is 3.81. The molecule has 0 aromatic heterocycles. The highest BCUT2D eigenvalue weighted by molar-refractivity contribution is 5.02. The maximum absolute atomic E-state index is 9.82. The van der Waals surface area contributed by atoms with Crippen LogP contribution < -0.4 is 0 Å². The Morgan fingerprint density at radius 1 is 1.20 bits per heavy atom. The minimum absolute atomic E-state index is 0.00617. The molecule has 90 valence electrons. The van der Waals surface area contributed by atoms with Gasteiger partial charge in [-0.2, -0.15) is 0 Å². The van der Waals surface area contributed by atoms with E-state index in [-0.39, 0.29) is 17.6 Å². The second-order valence-corrected chi connectivity index (χ2v) is 4.25. The molecule has 0 heterocycles. The van der Waals surface area contributed by atoms with E-state index in [4.69, 9.17) is 9.47 Å². The van der Waals surface area contributed by atoms with E-state index in [9.17, 15) is 5.11 Å². The standard InChI is InChI=1S/C12H24O3/c1-4-12(5-2)10(13)9-11(12)15-8-7-14-6-3/h10-11,13H,4-9H2,1-3H3. The maximum atomic E-state index is 9.82. The van der Waals surface area contributed by atoms with E-state index in [0.717, 1.165) is 25.9 Å². The molecule has 0 amide bonds. The molecule has 0 radical (unpaired) electrons. The van der Waals surface area contributed by atoms with Crippen LogP contribution in [0.5, 0.6) is 0 Å². The first kappa shape index (κ1) is 12.9. The largest absolute Gasteiger partial charge is 0.392 e. The molecule has 0 bridgehead atoms. The number of hydrogen-bond acceptors (Lipinski definition) is 3. The average Bonchev–Trinajstić information content (AvgIpc) is 2.24. The van der Waals surface area contributed by atoms with Gasteiger partial charge < -0.3 is 14.6 Å². The summed E-state index contributed by atoms with van der Waals surface area (Å²) >= 11 is 0. The Hall–Kier alpha value is -0.120. The van der Waals surface area contributed by atoms with Gasteiger partial charge in [0.05, 0.1) is 25.4 Å². The van der Waals surface area contributed by atoms with Crippen LogP contribution in [0.15, 0.2) is 0 Å². The van der Waals surface area contributed by atoms with Crippen LogP contribution in [0.2, 0.25) is 0 Å². The van der Waals surface area contributed by atoms with E-state index in [2.05, 4.69) is 13.8 Å². The molecule has 1 saturated carbocycles. The number of ether oxygens (including phenoxy) is 2. The van der Waals surface area contributed by atoms with Crippen molar-refractivity contribution in [1.29, 1.82) is 0 Å². The second kappa shape index (κ2) is 5.83. The van der Waals surface area contributed by atoms with Gasteiger partial charge in [0.25, 0.3) is 0 Å². The van der Waals surface area contributed by atoms with E-state index >= 15 is 0 Å². The molecule has 1 aliphatic carbocycles. The molecule has 1 rings (SSSR count). The van der Waals surface area contributed by atoms with Gasteiger partial charge in [0, 0.05) is 18.4 Å². The summed E-state index contributed by atoms with van der Waals surface area (Å²) in [6.45, 7) is 8.29. The van der Waals surface area contributed by atoms with E-state index in [1.807, 2.05) is 6.92 Å². The van der Waals surface area contributed by atoms with Crippen LogP contribution in [-0.4, -0.2) is 37.1 Å². The number of hydrogen-bond donors (Lipinski definition) is 1. The molecule has 0 aliphatic heterocycles. The van der Waals surface area contributed by atoms with Gasteiger partial charge in [-0.25, -0.2) is 0 Å². The molecule has 3 nitrogen and oxygen atoms in total. The monoisotopic (exact) mass is 216 g/mol. The lowest BCUT2D eigenvalue weighted by Gasteiger charge is -2.52. The Morgan fingerprint density at radius 2 is 1.87 bits per heavy atom. The quantitative estimate of drug-likeness (QED) is 0.661. The summed E-state index contributed by atoms with van der Waals surface area (Å²) in [7, 11) is 0. The van der Waals surface area contributed by atoms with Crippen LogP contribution in [-0.2, 0) is 9.47 Å². The Bertz CT molecular complexity index is 178. The van der Waals surface area contributed by atoms with Gasteiger partial charge in [0.1, 0.15) is 0 Å². The lowest BCUT2D eigenvalue weighted by atomic mass is 9.60. The Balaban J connectivity index is 2.30. The van der Waals surface area contributed by atoms with Crippen molar-refractivity contribution in [2.45, 2.75) is 52.2 Å². The first-order valence-electron chi connectivity index (χ1n) is 6.08. The predicted molar refractivity (Wildman–Crippen MR) is 59.9 cm³/mol. The van der Waals surface area contributed by atoms with Crippen LogP contribution in [0.4, 0.5) is 0 Å². The fraction of sp³-hybridized carbons (Fsp3) is 1.00. The first-order chi connectivity index (χ1) is 7.21. The van der Waals surface area contributed by atoms with Gasteiger partial charge in [0.15, 0.2) is 0 Å². The molecule has 1 aliphatic rings. The summed E-state index contributed by atoms with van der Waals surface area (Å²) in [5, 5.41) is 9.82. The van der Waals surface area contributed by atoms with E-state index in [1.54, 1.807) is 0 Å². The number of aliphatic hydroxyl groups is 1. The zero-order chi connectivity index (χ0) is 11.3. The highest BCUT2D eigenvalue weighted by atomic mass is 16.5. The summed E-state index contributed by atoms with van der Waals surface area (Å²) in [6.07, 6.45) is 2.81. The van der Waals surface area contributed by atoms with Gasteiger partial charge in [-0.1, -0.05) is 13.8 Å². The van der Waals surface area contributed by atoms with Gasteiger partial charge in [-0.3, -0.25) is 0 Å². The van der Waals surface area contributed by atoms with Crippen LogP contribution in [0.1, 0.15) is 40.0 Å². The minimum atomic E-state index is -0.176. The van der Waals surface area contributed by atoms with Crippen LogP contribution >= 0.6 is 0 Å². The van der Waals surface area contributed by atoms with Crippen molar-refractivity contribution in [2.75, 3.05) is 19.8 Å². The topological polar surface area (TPSA) is 38.7 Å². The van der Waals surface area contributed by atoms with E-state index in [0.29, 0.717) is 13.2 Å². The molecule has 2 unspecified atom stereocenters. The second-order valence-electron chi connectivity index (χ2n) is 4.25. The highest BCUT2D eigenvalue weighted by Crippen LogP contribution is 2.48. The molecule has 1 N–H and O–H groups in total. The molecule has 2 atom stereocenters.